The lowest BCUT2D eigenvalue weighted by Crippen LogP contribution is -2.38. The molecule has 2 rings (SSSR count). The number of amides is 2. The molecule has 2 aromatic rings. The molecule has 11 heteroatoms. The number of anilines is 1. The van der Waals surface area contributed by atoms with Crippen LogP contribution in [0.1, 0.15) is 12.8 Å². The van der Waals surface area contributed by atoms with Crippen LogP contribution in [-0.4, -0.2) is 51.3 Å². The molecule has 0 aliphatic heterocycles. The molecular weight excluding hydrogens is 447 g/mol. The van der Waals surface area contributed by atoms with Crippen LogP contribution in [0.25, 0.3) is 5.69 Å². The van der Waals surface area contributed by atoms with E-state index in [4.69, 9.17) is 11.6 Å². The Hall–Kier alpha value is -1.65. The number of imide groups is 1. The van der Waals surface area contributed by atoms with Crippen LogP contribution in [0.5, 0.6) is 0 Å². The van der Waals surface area contributed by atoms with Crippen molar-refractivity contribution in [2.45, 2.75) is 19.0 Å². The Kier molecular flexibility index (Phi) is 8.91. The van der Waals surface area contributed by atoms with E-state index in [9.17, 15) is 22.8 Å². The fraction of sp³-hybridized carbons (Fsp3) is 0.389. The summed E-state index contributed by atoms with van der Waals surface area (Å²) in [4.78, 5) is 26.2. The van der Waals surface area contributed by atoms with E-state index in [2.05, 4.69) is 5.10 Å². The highest BCUT2D eigenvalue weighted by Crippen LogP contribution is 2.28. The second kappa shape index (κ2) is 10.9. The summed E-state index contributed by atoms with van der Waals surface area (Å²) in [5.74, 6) is -0.903. The van der Waals surface area contributed by atoms with Gasteiger partial charge in [-0.05, 0) is 18.4 Å². The van der Waals surface area contributed by atoms with E-state index in [1.807, 2.05) is 18.2 Å². The minimum atomic E-state index is -4.23. The summed E-state index contributed by atoms with van der Waals surface area (Å²) in [5, 5.41) is 4.15. The van der Waals surface area contributed by atoms with Gasteiger partial charge in [-0.25, -0.2) is 9.58 Å². The molecule has 1 heterocycles. The van der Waals surface area contributed by atoms with E-state index in [0.29, 0.717) is 5.69 Å². The Labute approximate surface area is 180 Å². The lowest BCUT2D eigenvalue weighted by molar-refractivity contribution is -0.129. The van der Waals surface area contributed by atoms with Crippen molar-refractivity contribution in [1.82, 2.24) is 9.78 Å². The normalized spacial score (nSPS) is 11.5. The summed E-state index contributed by atoms with van der Waals surface area (Å²) in [6, 6.07) is 9.04. The van der Waals surface area contributed by atoms with E-state index in [1.165, 1.54) is 22.6 Å². The van der Waals surface area contributed by atoms with Gasteiger partial charge in [0.15, 0.2) is 5.15 Å². The molecule has 0 unspecified atom stereocenters. The van der Waals surface area contributed by atoms with E-state index in [1.54, 1.807) is 18.4 Å². The van der Waals surface area contributed by atoms with Gasteiger partial charge in [0, 0.05) is 17.9 Å². The molecule has 0 fully saturated rings. The average Bonchev–Trinajstić information content (AvgIpc) is 3.03. The SMILES string of the molecule is CSCC(=O)N(C(=O)CCSCCC(F)(F)F)c1cn(-c2ccccc2)nc1Cl. The maximum atomic E-state index is 12.7. The van der Waals surface area contributed by atoms with Gasteiger partial charge in [0.1, 0.15) is 5.69 Å². The second-order valence-corrected chi connectivity index (χ2v) is 8.32. The summed E-state index contributed by atoms with van der Waals surface area (Å²) in [7, 11) is 0. The monoisotopic (exact) mass is 465 g/mol. The molecule has 1 aromatic carbocycles. The molecule has 158 valence electrons. The quantitative estimate of drug-likeness (QED) is 0.497. The number of para-hydroxylation sites is 1. The van der Waals surface area contributed by atoms with Crippen molar-refractivity contribution >= 4 is 52.6 Å². The van der Waals surface area contributed by atoms with E-state index in [-0.39, 0.29) is 34.5 Å². The maximum Gasteiger partial charge on any atom is 0.389 e. The van der Waals surface area contributed by atoms with Crippen molar-refractivity contribution in [3.63, 3.8) is 0 Å². The number of nitrogens with zero attached hydrogens (tertiary/aromatic N) is 3. The number of hydrogen-bond acceptors (Lipinski definition) is 5. The molecule has 1 aromatic heterocycles. The molecule has 0 saturated carbocycles. The van der Waals surface area contributed by atoms with Gasteiger partial charge in [-0.1, -0.05) is 29.8 Å². The van der Waals surface area contributed by atoms with Crippen molar-refractivity contribution in [3.8, 4) is 5.69 Å². The maximum absolute atomic E-state index is 12.7. The average molecular weight is 466 g/mol. The number of benzene rings is 1. The van der Waals surface area contributed by atoms with E-state index >= 15 is 0 Å². The van der Waals surface area contributed by atoms with Crippen molar-refractivity contribution in [2.75, 3.05) is 28.4 Å². The van der Waals surface area contributed by atoms with Crippen LogP contribution in [0.2, 0.25) is 5.15 Å². The van der Waals surface area contributed by atoms with Gasteiger partial charge in [-0.3, -0.25) is 9.59 Å². The highest BCUT2D eigenvalue weighted by molar-refractivity contribution is 7.99. The highest BCUT2D eigenvalue weighted by atomic mass is 35.5. The Morgan fingerprint density at radius 3 is 2.48 bits per heavy atom. The summed E-state index contributed by atoms with van der Waals surface area (Å²) in [6.45, 7) is 0. The summed E-state index contributed by atoms with van der Waals surface area (Å²) >= 11 is 8.46. The largest absolute Gasteiger partial charge is 0.389 e. The minimum absolute atomic E-state index is 0.0126. The number of hydrogen-bond donors (Lipinski definition) is 0. The molecule has 0 spiro atoms. The van der Waals surface area contributed by atoms with Crippen LogP contribution in [-0.2, 0) is 9.59 Å². The van der Waals surface area contributed by atoms with Crippen molar-refractivity contribution in [2.24, 2.45) is 0 Å². The number of carbonyl (C=O) groups excluding carboxylic acids is 2. The van der Waals surface area contributed by atoms with Crippen molar-refractivity contribution < 1.29 is 22.8 Å². The van der Waals surface area contributed by atoms with Crippen molar-refractivity contribution in [1.29, 1.82) is 0 Å². The molecular formula is C18H19ClF3N3O2S2. The second-order valence-electron chi connectivity index (χ2n) is 5.87. The van der Waals surface area contributed by atoms with Crippen LogP contribution < -0.4 is 4.90 Å². The molecule has 0 radical (unpaired) electrons. The van der Waals surface area contributed by atoms with E-state index in [0.717, 1.165) is 16.7 Å². The van der Waals surface area contributed by atoms with Gasteiger partial charge in [-0.15, -0.1) is 0 Å². The first-order valence-electron chi connectivity index (χ1n) is 8.52. The van der Waals surface area contributed by atoms with Crippen LogP contribution in [0.4, 0.5) is 18.9 Å². The molecule has 2 amide bonds. The van der Waals surface area contributed by atoms with Gasteiger partial charge >= 0.3 is 6.18 Å². The number of thioether (sulfide) groups is 2. The summed E-state index contributed by atoms with van der Waals surface area (Å²) < 4.78 is 38.1. The van der Waals surface area contributed by atoms with Crippen LogP contribution in [0.3, 0.4) is 0 Å². The fourth-order valence-electron chi connectivity index (χ4n) is 2.36. The molecule has 0 saturated heterocycles. The third-order valence-corrected chi connectivity index (χ3v) is 5.46. The molecule has 0 N–H and O–H groups in total. The zero-order valence-corrected chi connectivity index (χ0v) is 17.9. The molecule has 0 bridgehead atoms. The predicted octanol–water partition coefficient (Wildman–Crippen LogP) is 4.82. The Morgan fingerprint density at radius 1 is 1.17 bits per heavy atom. The topological polar surface area (TPSA) is 55.2 Å². The number of aromatic nitrogens is 2. The predicted molar refractivity (Wildman–Crippen MR) is 112 cm³/mol. The van der Waals surface area contributed by atoms with E-state index < -0.39 is 24.4 Å². The lowest BCUT2D eigenvalue weighted by atomic mass is 10.3. The van der Waals surface area contributed by atoms with Crippen molar-refractivity contribution in [3.05, 3.63) is 41.7 Å². The fourth-order valence-corrected chi connectivity index (χ4v) is 3.85. The molecule has 0 atom stereocenters. The first-order valence-corrected chi connectivity index (χ1v) is 11.5. The lowest BCUT2D eigenvalue weighted by Gasteiger charge is -2.19. The molecule has 0 aliphatic carbocycles. The van der Waals surface area contributed by atoms with Crippen LogP contribution in [0, 0.1) is 0 Å². The Bertz CT molecular complexity index is 832. The minimum Gasteiger partial charge on any atom is -0.274 e. The number of carbonyl (C=O) groups is 2. The first-order chi connectivity index (χ1) is 13.7. The van der Waals surface area contributed by atoms with Gasteiger partial charge in [0.05, 0.1) is 24.1 Å². The number of halogens is 4. The zero-order chi connectivity index (χ0) is 21.4. The summed E-state index contributed by atoms with van der Waals surface area (Å²) in [6.07, 6.45) is -2.02. The van der Waals surface area contributed by atoms with Crippen LogP contribution in [0.15, 0.2) is 36.5 Å². The van der Waals surface area contributed by atoms with Gasteiger partial charge in [-0.2, -0.15) is 41.8 Å². The summed E-state index contributed by atoms with van der Waals surface area (Å²) in [5.41, 5.74) is 0.855. The molecule has 29 heavy (non-hydrogen) atoms. The highest BCUT2D eigenvalue weighted by Gasteiger charge is 2.28. The Balaban J connectivity index is 2.13. The smallest absolute Gasteiger partial charge is 0.274 e. The number of rotatable bonds is 9. The molecule has 5 nitrogen and oxygen atoms in total. The van der Waals surface area contributed by atoms with Gasteiger partial charge < -0.3 is 0 Å². The standard InChI is InChI=1S/C18H19ClF3N3O2S2/c1-28-12-16(27)25(15(26)7-9-29-10-8-18(20,21)22)14-11-24(23-17(14)19)13-5-3-2-4-6-13/h2-6,11H,7-10,12H2,1H3. The third kappa shape index (κ3) is 7.27. The van der Waals surface area contributed by atoms with Gasteiger partial charge in [0.25, 0.3) is 0 Å². The Morgan fingerprint density at radius 2 is 1.86 bits per heavy atom. The molecule has 0 aliphatic rings. The third-order valence-electron chi connectivity index (χ3n) is 3.67. The number of alkyl halides is 3. The first kappa shape index (κ1) is 23.6. The van der Waals surface area contributed by atoms with Gasteiger partial charge in [0.2, 0.25) is 11.8 Å². The zero-order valence-electron chi connectivity index (χ0n) is 15.5. The van der Waals surface area contributed by atoms with Crippen LogP contribution >= 0.6 is 35.1 Å².